The predicted molar refractivity (Wildman–Crippen MR) is 50.0 cm³/mol. The van der Waals surface area contributed by atoms with Gasteiger partial charge in [0.2, 0.25) is 0 Å². The molecule has 0 radical (unpaired) electrons. The van der Waals surface area contributed by atoms with Crippen LogP contribution < -0.4 is 0 Å². The molecule has 0 aliphatic carbocycles. The number of nitrogens with zero attached hydrogens (tertiary/aromatic N) is 1. The molecule has 0 bridgehead atoms. The molecule has 1 atom stereocenters. The van der Waals surface area contributed by atoms with Gasteiger partial charge in [0.25, 0.3) is 0 Å². The summed E-state index contributed by atoms with van der Waals surface area (Å²) in [6.07, 6.45) is 3.91. The number of carbonyl (C=O) groups excluding carboxylic acids is 1. The summed E-state index contributed by atoms with van der Waals surface area (Å²) < 4.78 is 5.47. The van der Waals surface area contributed by atoms with Gasteiger partial charge in [-0.15, -0.1) is 11.3 Å². The van der Waals surface area contributed by atoms with Crippen molar-refractivity contribution in [3.8, 4) is 0 Å². The van der Waals surface area contributed by atoms with E-state index in [2.05, 4.69) is 4.98 Å². The van der Waals surface area contributed by atoms with Crippen LogP contribution in [0.2, 0.25) is 0 Å². The zero-order chi connectivity index (χ0) is 9.26. The van der Waals surface area contributed by atoms with Crippen molar-refractivity contribution < 1.29 is 9.53 Å². The van der Waals surface area contributed by atoms with Crippen LogP contribution in [0.1, 0.15) is 40.5 Å². The molecule has 2 rings (SSSR count). The van der Waals surface area contributed by atoms with Gasteiger partial charge in [-0.3, -0.25) is 4.79 Å². The van der Waals surface area contributed by atoms with E-state index in [9.17, 15) is 4.79 Å². The van der Waals surface area contributed by atoms with Crippen molar-refractivity contribution in [1.82, 2.24) is 4.98 Å². The van der Waals surface area contributed by atoms with Gasteiger partial charge >= 0.3 is 0 Å². The van der Waals surface area contributed by atoms with Gasteiger partial charge in [0.05, 0.1) is 4.88 Å². The highest BCUT2D eigenvalue weighted by atomic mass is 32.1. The molecule has 4 heteroatoms. The largest absolute Gasteiger partial charge is 0.371 e. The van der Waals surface area contributed by atoms with Gasteiger partial charge in [0, 0.05) is 19.7 Å². The number of aromatic nitrogens is 1. The topological polar surface area (TPSA) is 39.2 Å². The van der Waals surface area contributed by atoms with Crippen LogP contribution in [0.3, 0.4) is 0 Å². The minimum absolute atomic E-state index is 0.0850. The van der Waals surface area contributed by atoms with E-state index in [1.165, 1.54) is 11.3 Å². The summed E-state index contributed by atoms with van der Waals surface area (Å²) in [5, 5.41) is 0.947. The third-order valence-corrected chi connectivity index (χ3v) is 3.27. The Morgan fingerprint density at radius 3 is 3.15 bits per heavy atom. The van der Waals surface area contributed by atoms with Gasteiger partial charge in [0.15, 0.2) is 5.78 Å². The minimum Gasteiger partial charge on any atom is -0.371 e. The number of hydrogen-bond donors (Lipinski definition) is 0. The molecular formula is C9H11NO2S. The summed E-state index contributed by atoms with van der Waals surface area (Å²) in [5.41, 5.74) is 0. The van der Waals surface area contributed by atoms with Crippen molar-refractivity contribution in [2.24, 2.45) is 0 Å². The maximum absolute atomic E-state index is 11.0. The molecule has 1 unspecified atom stereocenters. The first kappa shape index (κ1) is 8.84. The van der Waals surface area contributed by atoms with Crippen molar-refractivity contribution >= 4 is 17.1 Å². The van der Waals surface area contributed by atoms with E-state index in [4.69, 9.17) is 4.74 Å². The average Bonchev–Trinajstić information content (AvgIpc) is 2.75. The maximum Gasteiger partial charge on any atom is 0.171 e. The van der Waals surface area contributed by atoms with E-state index in [1.807, 2.05) is 0 Å². The predicted octanol–water partition coefficient (Wildman–Crippen LogP) is 2.20. The molecule has 1 aliphatic rings. The molecule has 0 saturated carbocycles. The van der Waals surface area contributed by atoms with Crippen LogP contribution in [0.4, 0.5) is 0 Å². The summed E-state index contributed by atoms with van der Waals surface area (Å²) in [6.45, 7) is 2.38. The molecule has 0 aromatic carbocycles. The SMILES string of the molecule is CC(=O)c1cnc(C2CCCO2)s1. The van der Waals surface area contributed by atoms with Crippen molar-refractivity contribution in [3.63, 3.8) is 0 Å². The zero-order valence-corrected chi connectivity index (χ0v) is 8.26. The second kappa shape index (κ2) is 3.55. The van der Waals surface area contributed by atoms with Crippen LogP contribution in [-0.2, 0) is 4.74 Å². The van der Waals surface area contributed by atoms with Crippen LogP contribution in [-0.4, -0.2) is 17.4 Å². The summed E-state index contributed by atoms with van der Waals surface area (Å²) in [4.78, 5) is 15.9. The van der Waals surface area contributed by atoms with Gasteiger partial charge < -0.3 is 4.74 Å². The third kappa shape index (κ3) is 1.78. The molecule has 1 aliphatic heterocycles. The summed E-state index contributed by atoms with van der Waals surface area (Å²) in [7, 11) is 0. The second-order valence-corrected chi connectivity index (χ2v) is 4.18. The first-order valence-corrected chi connectivity index (χ1v) is 5.17. The Kier molecular flexibility index (Phi) is 2.42. The number of carbonyl (C=O) groups is 1. The Bertz CT molecular complexity index is 315. The lowest BCUT2D eigenvalue weighted by Crippen LogP contribution is -1.93. The molecule has 0 N–H and O–H groups in total. The van der Waals surface area contributed by atoms with E-state index in [0.29, 0.717) is 0 Å². The minimum atomic E-state index is 0.0850. The standard InChI is InChI=1S/C9H11NO2S/c1-6(11)8-5-10-9(13-8)7-3-2-4-12-7/h5,7H,2-4H2,1H3. The van der Waals surface area contributed by atoms with E-state index in [0.717, 1.165) is 29.3 Å². The van der Waals surface area contributed by atoms with Gasteiger partial charge in [-0.2, -0.15) is 0 Å². The molecule has 0 spiro atoms. The number of rotatable bonds is 2. The lowest BCUT2D eigenvalue weighted by molar-refractivity contribution is 0.102. The van der Waals surface area contributed by atoms with Crippen molar-refractivity contribution in [3.05, 3.63) is 16.1 Å². The lowest BCUT2D eigenvalue weighted by atomic mass is 10.2. The quantitative estimate of drug-likeness (QED) is 0.682. The maximum atomic E-state index is 11.0. The molecule has 1 aromatic rings. The number of ether oxygens (including phenoxy) is 1. The molecule has 1 fully saturated rings. The fraction of sp³-hybridized carbons (Fsp3) is 0.556. The monoisotopic (exact) mass is 197 g/mol. The third-order valence-electron chi connectivity index (χ3n) is 2.08. The van der Waals surface area contributed by atoms with Gasteiger partial charge in [-0.05, 0) is 12.8 Å². The lowest BCUT2D eigenvalue weighted by Gasteiger charge is -2.02. The van der Waals surface area contributed by atoms with E-state index < -0.39 is 0 Å². The fourth-order valence-corrected chi connectivity index (χ4v) is 2.27. The fourth-order valence-electron chi connectivity index (χ4n) is 1.37. The molecule has 3 nitrogen and oxygen atoms in total. The zero-order valence-electron chi connectivity index (χ0n) is 7.45. The number of hydrogen-bond acceptors (Lipinski definition) is 4. The highest BCUT2D eigenvalue weighted by molar-refractivity contribution is 7.13. The average molecular weight is 197 g/mol. The normalized spacial score (nSPS) is 22.1. The highest BCUT2D eigenvalue weighted by Crippen LogP contribution is 2.31. The van der Waals surface area contributed by atoms with E-state index in [-0.39, 0.29) is 11.9 Å². The van der Waals surface area contributed by atoms with Crippen molar-refractivity contribution in [1.29, 1.82) is 0 Å². The summed E-state index contributed by atoms with van der Waals surface area (Å²) >= 11 is 1.45. The number of ketones is 1. The van der Waals surface area contributed by atoms with Crippen molar-refractivity contribution in [2.75, 3.05) is 6.61 Å². The molecule has 13 heavy (non-hydrogen) atoms. The molecule has 2 heterocycles. The van der Waals surface area contributed by atoms with Gasteiger partial charge in [-0.25, -0.2) is 4.98 Å². The molecule has 70 valence electrons. The summed E-state index contributed by atoms with van der Waals surface area (Å²) in [5.74, 6) is 0.0850. The van der Waals surface area contributed by atoms with Crippen LogP contribution in [0.15, 0.2) is 6.20 Å². The Balaban J connectivity index is 2.16. The molecule has 1 aromatic heterocycles. The number of Topliss-reactive ketones (excluding diaryl/α,β-unsaturated/α-hetero) is 1. The van der Waals surface area contributed by atoms with Crippen LogP contribution >= 0.6 is 11.3 Å². The Labute approximate surface area is 80.8 Å². The van der Waals surface area contributed by atoms with Gasteiger partial charge in [0.1, 0.15) is 11.1 Å². The Morgan fingerprint density at radius 1 is 1.77 bits per heavy atom. The van der Waals surface area contributed by atoms with Crippen LogP contribution in [0, 0.1) is 0 Å². The molecular weight excluding hydrogens is 186 g/mol. The van der Waals surface area contributed by atoms with E-state index >= 15 is 0 Å². The smallest absolute Gasteiger partial charge is 0.171 e. The number of thiazole rings is 1. The van der Waals surface area contributed by atoms with E-state index in [1.54, 1.807) is 13.1 Å². The summed E-state index contributed by atoms with van der Waals surface area (Å²) in [6, 6.07) is 0. The Morgan fingerprint density at radius 2 is 2.62 bits per heavy atom. The first-order chi connectivity index (χ1) is 6.27. The first-order valence-electron chi connectivity index (χ1n) is 4.35. The van der Waals surface area contributed by atoms with Crippen LogP contribution in [0.5, 0.6) is 0 Å². The highest BCUT2D eigenvalue weighted by Gasteiger charge is 2.21. The van der Waals surface area contributed by atoms with Gasteiger partial charge in [-0.1, -0.05) is 0 Å². The second-order valence-electron chi connectivity index (χ2n) is 3.12. The van der Waals surface area contributed by atoms with Crippen LogP contribution in [0.25, 0.3) is 0 Å². The Hall–Kier alpha value is -0.740. The van der Waals surface area contributed by atoms with Crippen molar-refractivity contribution in [2.45, 2.75) is 25.9 Å². The molecule has 1 saturated heterocycles. The molecule has 0 amide bonds.